The number of hydrogen-bond acceptors (Lipinski definition) is 5. The molecule has 2 aromatic heterocycles. The maximum atomic E-state index is 13.6. The average Bonchev–Trinajstić information content (AvgIpc) is 3.08. The molecule has 0 radical (unpaired) electrons. The van der Waals surface area contributed by atoms with E-state index < -0.39 is 17.5 Å². The predicted molar refractivity (Wildman–Crippen MR) is 93.0 cm³/mol. The van der Waals surface area contributed by atoms with E-state index in [2.05, 4.69) is 31.0 Å². The third-order valence-corrected chi connectivity index (χ3v) is 4.22. The van der Waals surface area contributed by atoms with Gasteiger partial charge in [0.05, 0.1) is 6.54 Å². The summed E-state index contributed by atoms with van der Waals surface area (Å²) < 4.78 is 48.1. The highest BCUT2D eigenvalue weighted by Crippen LogP contribution is 2.38. The summed E-state index contributed by atoms with van der Waals surface area (Å²) in [4.78, 5) is 7.31. The first kappa shape index (κ1) is 19.3. The van der Waals surface area contributed by atoms with Crippen molar-refractivity contribution in [2.45, 2.75) is 25.2 Å². The molecule has 0 saturated carbocycles. The molecule has 0 spiro atoms. The summed E-state index contributed by atoms with van der Waals surface area (Å²) in [5.74, 6) is 0.103. The maximum absolute atomic E-state index is 13.6. The van der Waals surface area contributed by atoms with Crippen molar-refractivity contribution in [2.75, 3.05) is 0 Å². The number of aliphatic hydroxyl groups is 1. The monoisotopic (exact) mass is 442 g/mol. The Morgan fingerprint density at radius 1 is 1.15 bits per heavy atom. The first-order valence-corrected chi connectivity index (χ1v) is 8.51. The number of pyridine rings is 1. The zero-order valence-electron chi connectivity index (χ0n) is 14.0. The van der Waals surface area contributed by atoms with Gasteiger partial charge in [-0.25, -0.2) is 14.6 Å². The lowest BCUT2D eigenvalue weighted by atomic mass is 9.94. The van der Waals surface area contributed by atoms with Gasteiger partial charge in [0.2, 0.25) is 5.88 Å². The lowest BCUT2D eigenvalue weighted by molar-refractivity contribution is -0.144. The molecule has 1 N–H and O–H groups in total. The molecule has 27 heavy (non-hydrogen) atoms. The van der Waals surface area contributed by atoms with Crippen LogP contribution in [0, 0.1) is 0 Å². The van der Waals surface area contributed by atoms with Gasteiger partial charge in [0.1, 0.15) is 24.0 Å². The van der Waals surface area contributed by atoms with Crippen molar-refractivity contribution in [3.63, 3.8) is 0 Å². The summed E-state index contributed by atoms with van der Waals surface area (Å²) in [6, 6.07) is 9.00. The van der Waals surface area contributed by atoms with Crippen molar-refractivity contribution in [3.8, 4) is 11.6 Å². The minimum Gasteiger partial charge on any atom is -0.439 e. The summed E-state index contributed by atoms with van der Waals surface area (Å²) in [5.41, 5.74) is -3.47. The van der Waals surface area contributed by atoms with Crippen LogP contribution < -0.4 is 4.74 Å². The molecule has 0 aliphatic rings. The second-order valence-electron chi connectivity index (χ2n) is 5.97. The topological polar surface area (TPSA) is 73.1 Å². The van der Waals surface area contributed by atoms with Crippen molar-refractivity contribution < 1.29 is 23.0 Å². The first-order valence-electron chi connectivity index (χ1n) is 7.72. The van der Waals surface area contributed by atoms with Crippen molar-refractivity contribution in [2.24, 2.45) is 0 Å². The molecule has 6 nitrogen and oxygen atoms in total. The Bertz CT molecular complexity index is 913. The van der Waals surface area contributed by atoms with E-state index in [0.717, 1.165) is 10.5 Å². The highest BCUT2D eigenvalue weighted by atomic mass is 79.9. The van der Waals surface area contributed by atoms with E-state index in [4.69, 9.17) is 4.74 Å². The van der Waals surface area contributed by atoms with Crippen LogP contribution in [0.25, 0.3) is 0 Å². The third kappa shape index (κ3) is 4.64. The molecule has 3 aromatic rings. The molecule has 10 heteroatoms. The highest BCUT2D eigenvalue weighted by Gasteiger charge is 2.41. The minimum atomic E-state index is -4.78. The number of benzene rings is 1. The number of rotatable bonds is 5. The third-order valence-electron chi connectivity index (χ3n) is 3.69. The van der Waals surface area contributed by atoms with E-state index in [9.17, 15) is 18.3 Å². The molecule has 0 unspecified atom stereocenters. The van der Waals surface area contributed by atoms with Crippen LogP contribution in [0.2, 0.25) is 0 Å². The molecular formula is C17H14BrF3N4O2. The Labute approximate surface area is 160 Å². The quantitative estimate of drug-likeness (QED) is 0.642. The van der Waals surface area contributed by atoms with Gasteiger partial charge in [-0.05, 0) is 37.3 Å². The van der Waals surface area contributed by atoms with E-state index in [1.54, 1.807) is 24.3 Å². The summed E-state index contributed by atoms with van der Waals surface area (Å²) in [6.45, 7) is 1.04. The number of nitrogens with zero attached hydrogens (tertiary/aromatic N) is 4. The highest BCUT2D eigenvalue weighted by molar-refractivity contribution is 9.10. The lowest BCUT2D eigenvalue weighted by Crippen LogP contribution is -2.31. The maximum Gasteiger partial charge on any atom is 0.433 e. The van der Waals surface area contributed by atoms with Gasteiger partial charge >= 0.3 is 6.18 Å². The zero-order valence-corrected chi connectivity index (χ0v) is 15.6. The first-order chi connectivity index (χ1) is 12.6. The average molecular weight is 443 g/mol. The van der Waals surface area contributed by atoms with Gasteiger partial charge in [-0.1, -0.05) is 15.9 Å². The molecule has 0 bridgehead atoms. The zero-order chi connectivity index (χ0) is 19.7. The number of aromatic nitrogens is 4. The Morgan fingerprint density at radius 3 is 2.44 bits per heavy atom. The number of halogens is 4. The van der Waals surface area contributed by atoms with Crippen LogP contribution in [0.15, 0.2) is 53.5 Å². The van der Waals surface area contributed by atoms with Crippen molar-refractivity contribution in [1.29, 1.82) is 0 Å². The SMILES string of the molecule is C[C@](O)(Cn1cncn1)c1ccc(Oc2ccc(Br)cc2)nc1C(F)(F)F. The largest absolute Gasteiger partial charge is 0.439 e. The molecule has 0 aliphatic heterocycles. The Hall–Kier alpha value is -2.46. The number of hydrogen-bond donors (Lipinski definition) is 1. The van der Waals surface area contributed by atoms with Gasteiger partial charge < -0.3 is 9.84 Å². The fourth-order valence-corrected chi connectivity index (χ4v) is 2.75. The molecule has 0 aliphatic carbocycles. The van der Waals surface area contributed by atoms with Crippen LogP contribution in [-0.4, -0.2) is 24.9 Å². The normalized spacial score (nSPS) is 14.0. The van der Waals surface area contributed by atoms with Crippen LogP contribution >= 0.6 is 15.9 Å². The van der Waals surface area contributed by atoms with Gasteiger partial charge in [-0.2, -0.15) is 18.3 Å². The van der Waals surface area contributed by atoms with Gasteiger partial charge in [0.15, 0.2) is 5.69 Å². The predicted octanol–water partition coefficient (Wildman–Crippen LogP) is 4.15. The second-order valence-corrected chi connectivity index (χ2v) is 6.88. The molecule has 142 valence electrons. The fraction of sp³-hybridized carbons (Fsp3) is 0.235. The van der Waals surface area contributed by atoms with Gasteiger partial charge in [0.25, 0.3) is 0 Å². The second kappa shape index (κ2) is 7.28. The van der Waals surface area contributed by atoms with Crippen molar-refractivity contribution in [3.05, 3.63) is 64.8 Å². The molecule has 1 aromatic carbocycles. The summed E-state index contributed by atoms with van der Waals surface area (Å²) in [7, 11) is 0. The smallest absolute Gasteiger partial charge is 0.433 e. The fourth-order valence-electron chi connectivity index (χ4n) is 2.49. The minimum absolute atomic E-state index is 0.218. The van der Waals surface area contributed by atoms with E-state index in [0.29, 0.717) is 5.75 Å². The molecule has 0 amide bonds. The molecule has 0 fully saturated rings. The lowest BCUT2D eigenvalue weighted by Gasteiger charge is -2.26. The Morgan fingerprint density at radius 2 is 1.85 bits per heavy atom. The van der Waals surface area contributed by atoms with Gasteiger partial charge in [-0.15, -0.1) is 0 Å². The van der Waals surface area contributed by atoms with Crippen LogP contribution in [0.5, 0.6) is 11.6 Å². The summed E-state index contributed by atoms with van der Waals surface area (Å²) >= 11 is 3.26. The van der Waals surface area contributed by atoms with E-state index in [1.807, 2.05) is 0 Å². The number of ether oxygens (including phenoxy) is 1. The van der Waals surface area contributed by atoms with Crippen LogP contribution in [0.1, 0.15) is 18.2 Å². The van der Waals surface area contributed by atoms with E-state index >= 15 is 0 Å². The molecular weight excluding hydrogens is 429 g/mol. The Kier molecular flexibility index (Phi) is 5.20. The van der Waals surface area contributed by atoms with E-state index in [1.165, 1.54) is 30.3 Å². The van der Waals surface area contributed by atoms with E-state index in [-0.39, 0.29) is 18.0 Å². The van der Waals surface area contributed by atoms with Crippen molar-refractivity contribution >= 4 is 15.9 Å². The van der Waals surface area contributed by atoms with Crippen LogP contribution in [-0.2, 0) is 18.3 Å². The molecule has 2 heterocycles. The Balaban J connectivity index is 1.95. The summed E-state index contributed by atoms with van der Waals surface area (Å²) in [5, 5.41) is 14.5. The van der Waals surface area contributed by atoms with Gasteiger partial charge in [-0.3, -0.25) is 0 Å². The molecule has 3 rings (SSSR count). The number of alkyl halides is 3. The van der Waals surface area contributed by atoms with Crippen molar-refractivity contribution in [1.82, 2.24) is 19.7 Å². The van der Waals surface area contributed by atoms with Crippen LogP contribution in [0.4, 0.5) is 13.2 Å². The van der Waals surface area contributed by atoms with Crippen LogP contribution in [0.3, 0.4) is 0 Å². The van der Waals surface area contributed by atoms with Gasteiger partial charge in [0, 0.05) is 16.1 Å². The molecule has 1 atom stereocenters. The summed E-state index contributed by atoms with van der Waals surface area (Å²) in [6.07, 6.45) is -2.24. The molecule has 0 saturated heterocycles. The standard InChI is InChI=1S/C17H14BrF3N4O2/c1-16(26,8-25-10-22-9-23-25)13-6-7-14(24-15(13)17(19,20)21)27-12-4-2-11(18)3-5-12/h2-7,9-10,26H,8H2,1H3/t16-/m0/s1.